The van der Waals surface area contributed by atoms with Gasteiger partial charge in [-0.1, -0.05) is 45.4 Å². The van der Waals surface area contributed by atoms with E-state index in [1.54, 1.807) is 7.11 Å². The Morgan fingerprint density at radius 1 is 1.20 bits per heavy atom. The number of nitrogens with one attached hydrogen (secondary N) is 1. The zero-order chi connectivity index (χ0) is 15.1. The van der Waals surface area contributed by atoms with E-state index in [2.05, 4.69) is 65.2 Å². The molecule has 1 unspecified atom stereocenters. The van der Waals surface area contributed by atoms with Crippen molar-refractivity contribution in [2.75, 3.05) is 14.2 Å². The number of methoxy groups -OCH3 is 1. The Labute approximate surface area is 123 Å². The third-order valence-corrected chi connectivity index (χ3v) is 5.78. The van der Waals surface area contributed by atoms with E-state index in [9.17, 15) is 0 Å². The van der Waals surface area contributed by atoms with Gasteiger partial charge in [0.05, 0.1) is 7.11 Å². The Hall–Kier alpha value is -1.02. The van der Waals surface area contributed by atoms with Crippen LogP contribution in [0.4, 0.5) is 0 Å². The Morgan fingerprint density at radius 2 is 1.80 bits per heavy atom. The molecule has 0 saturated heterocycles. The molecule has 2 nitrogen and oxygen atoms in total. The van der Waals surface area contributed by atoms with E-state index in [1.165, 1.54) is 11.1 Å². The summed E-state index contributed by atoms with van der Waals surface area (Å²) in [5.41, 5.74) is 3.41. The van der Waals surface area contributed by atoms with Crippen LogP contribution in [0.3, 0.4) is 0 Å². The van der Waals surface area contributed by atoms with Crippen LogP contribution in [0.15, 0.2) is 18.2 Å². The summed E-state index contributed by atoms with van der Waals surface area (Å²) in [6, 6.07) is 6.95. The van der Waals surface area contributed by atoms with Gasteiger partial charge in [0, 0.05) is 6.04 Å². The van der Waals surface area contributed by atoms with E-state index in [4.69, 9.17) is 4.74 Å². The quantitative estimate of drug-likeness (QED) is 0.882. The smallest absolute Gasteiger partial charge is 0.122 e. The third-order valence-electron chi connectivity index (χ3n) is 5.78. The lowest BCUT2D eigenvalue weighted by Crippen LogP contribution is -2.32. The van der Waals surface area contributed by atoms with Crippen LogP contribution in [0.1, 0.15) is 38.8 Å². The summed E-state index contributed by atoms with van der Waals surface area (Å²) in [6.07, 6.45) is 1.03. The molecule has 1 aliphatic rings. The first-order valence-electron chi connectivity index (χ1n) is 7.56. The van der Waals surface area contributed by atoms with Crippen LogP contribution in [0, 0.1) is 23.7 Å². The molecule has 1 saturated carbocycles. The summed E-state index contributed by atoms with van der Waals surface area (Å²) in [4.78, 5) is 0. The van der Waals surface area contributed by atoms with Gasteiger partial charge < -0.3 is 10.1 Å². The Bertz CT molecular complexity index is 476. The highest BCUT2D eigenvalue weighted by atomic mass is 16.5. The van der Waals surface area contributed by atoms with E-state index >= 15 is 0 Å². The highest BCUT2D eigenvalue weighted by Crippen LogP contribution is 2.69. The predicted octanol–water partition coefficient (Wildman–Crippen LogP) is 3.82. The molecule has 1 aromatic carbocycles. The van der Waals surface area contributed by atoms with Gasteiger partial charge in [0.2, 0.25) is 0 Å². The first-order valence-corrected chi connectivity index (χ1v) is 7.56. The summed E-state index contributed by atoms with van der Waals surface area (Å²) in [5.74, 6) is 1.71. The minimum absolute atomic E-state index is 0.401. The van der Waals surface area contributed by atoms with Gasteiger partial charge in [0.1, 0.15) is 5.75 Å². The monoisotopic (exact) mass is 275 g/mol. The van der Waals surface area contributed by atoms with Gasteiger partial charge in [-0.15, -0.1) is 0 Å². The molecule has 112 valence electrons. The Kier molecular flexibility index (Phi) is 3.90. The maximum absolute atomic E-state index is 5.52. The molecule has 0 amide bonds. The van der Waals surface area contributed by atoms with Crippen LogP contribution >= 0.6 is 0 Å². The summed E-state index contributed by atoms with van der Waals surface area (Å²) < 4.78 is 5.52. The number of rotatable bonds is 5. The average molecular weight is 275 g/mol. The van der Waals surface area contributed by atoms with Gasteiger partial charge in [0.25, 0.3) is 0 Å². The number of likely N-dealkylation sites (N-methyl/N-ethyl adjacent to an activating group) is 1. The van der Waals surface area contributed by atoms with E-state index in [0.717, 1.165) is 12.2 Å². The van der Waals surface area contributed by atoms with Crippen molar-refractivity contribution in [2.24, 2.45) is 16.7 Å². The fraction of sp³-hybridized carbons (Fsp3) is 0.667. The van der Waals surface area contributed by atoms with Gasteiger partial charge in [-0.25, -0.2) is 0 Å². The molecule has 20 heavy (non-hydrogen) atoms. The van der Waals surface area contributed by atoms with Gasteiger partial charge in [0.15, 0.2) is 0 Å². The fourth-order valence-electron chi connectivity index (χ4n) is 3.94. The van der Waals surface area contributed by atoms with Crippen molar-refractivity contribution < 1.29 is 4.74 Å². The molecule has 0 radical (unpaired) electrons. The molecule has 2 heteroatoms. The minimum atomic E-state index is 0.401. The molecule has 1 N–H and O–H groups in total. The van der Waals surface area contributed by atoms with E-state index in [1.807, 2.05) is 0 Å². The van der Waals surface area contributed by atoms with Crippen molar-refractivity contribution in [1.82, 2.24) is 5.32 Å². The molecule has 1 fully saturated rings. The normalized spacial score (nSPS) is 21.6. The Morgan fingerprint density at radius 3 is 2.25 bits per heavy atom. The number of aryl methyl sites for hydroxylation is 1. The second-order valence-corrected chi connectivity index (χ2v) is 7.34. The third kappa shape index (κ3) is 2.35. The highest BCUT2D eigenvalue weighted by molar-refractivity contribution is 5.38. The summed E-state index contributed by atoms with van der Waals surface area (Å²) in [6.45, 7) is 11.7. The van der Waals surface area contributed by atoms with Crippen LogP contribution in [-0.2, 0) is 6.42 Å². The van der Waals surface area contributed by atoms with Crippen LogP contribution in [0.25, 0.3) is 0 Å². The van der Waals surface area contributed by atoms with Gasteiger partial charge >= 0.3 is 0 Å². The van der Waals surface area contributed by atoms with Crippen LogP contribution in [0.2, 0.25) is 0 Å². The van der Waals surface area contributed by atoms with Crippen LogP contribution < -0.4 is 10.1 Å². The van der Waals surface area contributed by atoms with Crippen molar-refractivity contribution >= 4 is 0 Å². The number of ether oxygens (including phenoxy) is 1. The maximum Gasteiger partial charge on any atom is 0.122 e. The second-order valence-electron chi connectivity index (χ2n) is 7.34. The number of hydrogen-bond donors (Lipinski definition) is 1. The average Bonchev–Trinajstić information content (AvgIpc) is 2.77. The van der Waals surface area contributed by atoms with Crippen molar-refractivity contribution in [3.63, 3.8) is 0 Å². The molecule has 0 spiro atoms. The van der Waals surface area contributed by atoms with Gasteiger partial charge in [-0.3, -0.25) is 0 Å². The molecule has 1 aliphatic carbocycles. The summed E-state index contributed by atoms with van der Waals surface area (Å²) in [7, 11) is 3.84. The molecule has 1 aromatic rings. The van der Waals surface area contributed by atoms with E-state index < -0.39 is 0 Å². The molecular weight excluding hydrogens is 246 g/mol. The summed E-state index contributed by atoms with van der Waals surface area (Å²) >= 11 is 0. The van der Waals surface area contributed by atoms with Crippen molar-refractivity contribution in [2.45, 2.75) is 47.1 Å². The summed E-state index contributed by atoms with van der Waals surface area (Å²) in [5, 5.41) is 3.54. The van der Waals surface area contributed by atoms with Crippen LogP contribution in [0.5, 0.6) is 5.75 Å². The lowest BCUT2D eigenvalue weighted by molar-refractivity contribution is 0.390. The van der Waals surface area contributed by atoms with E-state index in [0.29, 0.717) is 22.8 Å². The molecule has 0 bridgehead atoms. The Balaban J connectivity index is 2.22. The highest BCUT2D eigenvalue weighted by Gasteiger charge is 2.66. The minimum Gasteiger partial charge on any atom is -0.496 e. The molecular formula is C18H29NO. The maximum atomic E-state index is 5.52. The lowest BCUT2D eigenvalue weighted by atomic mass is 9.95. The second kappa shape index (κ2) is 5.07. The first-order chi connectivity index (χ1) is 9.25. The molecule has 0 aliphatic heterocycles. The lowest BCUT2D eigenvalue weighted by Gasteiger charge is -2.20. The zero-order valence-electron chi connectivity index (χ0n) is 14.0. The predicted molar refractivity (Wildman–Crippen MR) is 85.3 cm³/mol. The van der Waals surface area contributed by atoms with Crippen molar-refractivity contribution in [3.8, 4) is 5.75 Å². The standard InChI is InChI=1S/C18H29NO/c1-12-8-9-15(20-7)13(10-12)11-14(19-6)16-17(2,3)18(16,4)5/h8-10,14,16,19H,11H2,1-7H3. The van der Waals surface area contributed by atoms with Crippen LogP contribution in [-0.4, -0.2) is 20.2 Å². The molecule has 1 atom stereocenters. The van der Waals surface area contributed by atoms with Crippen molar-refractivity contribution in [3.05, 3.63) is 29.3 Å². The van der Waals surface area contributed by atoms with Gasteiger partial charge in [-0.05, 0) is 48.8 Å². The number of hydrogen-bond acceptors (Lipinski definition) is 2. The van der Waals surface area contributed by atoms with E-state index in [-0.39, 0.29) is 0 Å². The zero-order valence-corrected chi connectivity index (χ0v) is 14.0. The van der Waals surface area contributed by atoms with Crippen molar-refractivity contribution in [1.29, 1.82) is 0 Å². The molecule has 2 rings (SSSR count). The molecule has 0 aromatic heterocycles. The SMILES string of the molecule is CNC(Cc1cc(C)ccc1OC)C1C(C)(C)C1(C)C. The molecule has 0 heterocycles. The first kappa shape index (κ1) is 15.4. The number of benzene rings is 1. The van der Waals surface area contributed by atoms with Gasteiger partial charge in [-0.2, -0.15) is 0 Å². The topological polar surface area (TPSA) is 21.3 Å². The fourth-order valence-corrected chi connectivity index (χ4v) is 3.94. The largest absolute Gasteiger partial charge is 0.496 e.